The zero-order chi connectivity index (χ0) is 12.0. The average molecular weight is 224 g/mol. The van der Waals surface area contributed by atoms with E-state index >= 15 is 0 Å². The molecular formula is C12H20N2O2. The van der Waals surface area contributed by atoms with E-state index in [-0.39, 0.29) is 0 Å². The summed E-state index contributed by atoms with van der Waals surface area (Å²) in [6.07, 6.45) is 0.820. The Morgan fingerprint density at radius 3 is 2.62 bits per heavy atom. The van der Waals surface area contributed by atoms with Crippen LogP contribution in [-0.4, -0.2) is 32.7 Å². The molecule has 0 heterocycles. The van der Waals surface area contributed by atoms with E-state index in [1.807, 2.05) is 26.2 Å². The Kier molecular flexibility index (Phi) is 5.25. The molecule has 0 aliphatic heterocycles. The van der Waals surface area contributed by atoms with Gasteiger partial charge in [-0.2, -0.15) is 0 Å². The molecule has 4 heteroatoms. The average Bonchev–Trinajstić information content (AvgIpc) is 2.26. The van der Waals surface area contributed by atoms with Crippen molar-refractivity contribution in [2.45, 2.75) is 13.0 Å². The Balaban J connectivity index is 2.83. The molecule has 0 aliphatic carbocycles. The third kappa shape index (κ3) is 3.81. The van der Waals surface area contributed by atoms with Crippen molar-refractivity contribution < 1.29 is 9.57 Å². The molecule has 0 fully saturated rings. The Morgan fingerprint density at radius 1 is 1.31 bits per heavy atom. The molecule has 0 bridgehead atoms. The molecule has 0 spiro atoms. The summed E-state index contributed by atoms with van der Waals surface area (Å²) in [4.78, 5) is 6.69. The molecule has 1 aromatic carbocycles. The number of nitrogens with two attached hydrogens (primary N) is 1. The molecule has 0 amide bonds. The van der Waals surface area contributed by atoms with Gasteiger partial charge < -0.3 is 14.5 Å². The second-order valence-electron chi connectivity index (χ2n) is 4.00. The summed E-state index contributed by atoms with van der Waals surface area (Å²) in [5.41, 5.74) is 2.39. The van der Waals surface area contributed by atoms with Crippen LogP contribution < -0.4 is 10.6 Å². The highest BCUT2D eigenvalue weighted by molar-refractivity contribution is 5.37. The van der Waals surface area contributed by atoms with E-state index in [2.05, 4.69) is 15.8 Å². The van der Waals surface area contributed by atoms with E-state index < -0.39 is 0 Å². The summed E-state index contributed by atoms with van der Waals surface area (Å²) in [5, 5.41) is 0. The van der Waals surface area contributed by atoms with Gasteiger partial charge >= 0.3 is 0 Å². The van der Waals surface area contributed by atoms with Crippen LogP contribution in [0.4, 0.5) is 0 Å². The Bertz CT molecular complexity index is 327. The predicted molar refractivity (Wildman–Crippen MR) is 64.2 cm³/mol. The molecule has 0 unspecified atom stereocenters. The van der Waals surface area contributed by atoms with Crippen LogP contribution in [0.1, 0.15) is 11.1 Å². The first kappa shape index (κ1) is 13.0. The van der Waals surface area contributed by atoms with Gasteiger partial charge in [-0.05, 0) is 32.1 Å². The number of hydrogen-bond acceptors (Lipinski definition) is 4. The van der Waals surface area contributed by atoms with Crippen LogP contribution in [0, 0.1) is 0 Å². The van der Waals surface area contributed by atoms with Gasteiger partial charge in [-0.1, -0.05) is 12.1 Å². The molecule has 2 N–H and O–H groups in total. The van der Waals surface area contributed by atoms with Gasteiger partial charge in [0, 0.05) is 12.1 Å². The van der Waals surface area contributed by atoms with Crippen LogP contribution in [0.15, 0.2) is 18.2 Å². The zero-order valence-electron chi connectivity index (χ0n) is 10.2. The predicted octanol–water partition coefficient (Wildman–Crippen LogP) is 1.19. The number of ether oxygens (including phenoxy) is 1. The van der Waals surface area contributed by atoms with Crippen LogP contribution in [-0.2, 0) is 17.8 Å². The molecule has 0 saturated carbocycles. The molecule has 0 aliphatic rings. The quantitative estimate of drug-likeness (QED) is 0.737. The Labute approximate surface area is 96.9 Å². The SMILES string of the molecule is COc1ccc(CCON)cc1CN(C)C. The van der Waals surface area contributed by atoms with Gasteiger partial charge in [-0.3, -0.25) is 0 Å². The molecular weight excluding hydrogens is 204 g/mol. The Hall–Kier alpha value is -1.10. The first-order valence-corrected chi connectivity index (χ1v) is 5.29. The summed E-state index contributed by atoms with van der Waals surface area (Å²) in [6, 6.07) is 6.17. The van der Waals surface area contributed by atoms with E-state index in [1.54, 1.807) is 7.11 Å². The maximum Gasteiger partial charge on any atom is 0.123 e. The highest BCUT2D eigenvalue weighted by Gasteiger charge is 2.05. The highest BCUT2D eigenvalue weighted by atomic mass is 16.6. The van der Waals surface area contributed by atoms with Crippen molar-refractivity contribution in [3.63, 3.8) is 0 Å². The maximum atomic E-state index is 5.32. The molecule has 0 aromatic heterocycles. The van der Waals surface area contributed by atoms with Gasteiger partial charge in [-0.25, -0.2) is 5.90 Å². The molecule has 4 nitrogen and oxygen atoms in total. The van der Waals surface area contributed by atoms with Crippen LogP contribution in [0.2, 0.25) is 0 Å². The van der Waals surface area contributed by atoms with Crippen molar-refractivity contribution in [1.82, 2.24) is 4.90 Å². The van der Waals surface area contributed by atoms with Crippen molar-refractivity contribution in [3.8, 4) is 5.75 Å². The van der Waals surface area contributed by atoms with Crippen molar-refractivity contribution in [3.05, 3.63) is 29.3 Å². The largest absolute Gasteiger partial charge is 0.496 e. The number of nitrogens with zero attached hydrogens (tertiary/aromatic N) is 1. The normalized spacial score (nSPS) is 10.8. The van der Waals surface area contributed by atoms with Crippen molar-refractivity contribution in [1.29, 1.82) is 0 Å². The fourth-order valence-electron chi connectivity index (χ4n) is 1.63. The van der Waals surface area contributed by atoms with Crippen molar-refractivity contribution >= 4 is 0 Å². The van der Waals surface area contributed by atoms with Crippen LogP contribution in [0.3, 0.4) is 0 Å². The maximum absolute atomic E-state index is 5.32. The van der Waals surface area contributed by atoms with E-state index in [4.69, 9.17) is 10.6 Å². The summed E-state index contributed by atoms with van der Waals surface area (Å²) >= 11 is 0. The third-order valence-corrected chi connectivity index (χ3v) is 2.34. The minimum Gasteiger partial charge on any atom is -0.496 e. The monoisotopic (exact) mass is 224 g/mol. The van der Waals surface area contributed by atoms with Gasteiger partial charge in [0.05, 0.1) is 13.7 Å². The molecule has 0 atom stereocenters. The second kappa shape index (κ2) is 6.48. The van der Waals surface area contributed by atoms with Gasteiger partial charge in [0.25, 0.3) is 0 Å². The Morgan fingerprint density at radius 2 is 2.06 bits per heavy atom. The lowest BCUT2D eigenvalue weighted by atomic mass is 10.1. The fourth-order valence-corrected chi connectivity index (χ4v) is 1.63. The fraction of sp³-hybridized carbons (Fsp3) is 0.500. The van der Waals surface area contributed by atoms with Gasteiger partial charge in [-0.15, -0.1) is 0 Å². The zero-order valence-corrected chi connectivity index (χ0v) is 10.2. The summed E-state index contributed by atoms with van der Waals surface area (Å²) in [7, 11) is 5.77. The standard InChI is InChI=1S/C12H20N2O2/c1-14(2)9-11-8-10(6-7-16-13)4-5-12(11)15-3/h4-5,8H,6-7,9,13H2,1-3H3. The van der Waals surface area contributed by atoms with Crippen molar-refractivity contribution in [2.75, 3.05) is 27.8 Å². The van der Waals surface area contributed by atoms with Crippen LogP contribution in [0.25, 0.3) is 0 Å². The number of benzene rings is 1. The summed E-state index contributed by atoms with van der Waals surface area (Å²) in [5.74, 6) is 5.94. The van der Waals surface area contributed by atoms with E-state index in [9.17, 15) is 0 Å². The highest BCUT2D eigenvalue weighted by Crippen LogP contribution is 2.21. The molecule has 0 radical (unpaired) electrons. The summed E-state index contributed by atoms with van der Waals surface area (Å²) in [6.45, 7) is 1.40. The first-order chi connectivity index (χ1) is 7.67. The van der Waals surface area contributed by atoms with E-state index in [1.165, 1.54) is 11.1 Å². The van der Waals surface area contributed by atoms with Crippen LogP contribution in [0.5, 0.6) is 5.75 Å². The lowest BCUT2D eigenvalue weighted by Gasteiger charge is -2.14. The molecule has 16 heavy (non-hydrogen) atoms. The second-order valence-corrected chi connectivity index (χ2v) is 4.00. The van der Waals surface area contributed by atoms with Gasteiger partial charge in [0.15, 0.2) is 0 Å². The molecule has 1 rings (SSSR count). The third-order valence-electron chi connectivity index (χ3n) is 2.34. The van der Waals surface area contributed by atoms with Gasteiger partial charge in [0.2, 0.25) is 0 Å². The minimum atomic E-state index is 0.535. The lowest BCUT2D eigenvalue weighted by Crippen LogP contribution is -2.12. The smallest absolute Gasteiger partial charge is 0.123 e. The number of hydrogen-bond donors (Lipinski definition) is 1. The molecule has 1 aromatic rings. The van der Waals surface area contributed by atoms with E-state index in [0.29, 0.717) is 6.61 Å². The summed E-state index contributed by atoms with van der Waals surface area (Å²) < 4.78 is 5.32. The number of rotatable bonds is 6. The van der Waals surface area contributed by atoms with Crippen molar-refractivity contribution in [2.24, 2.45) is 5.90 Å². The molecule has 0 saturated heterocycles. The number of methoxy groups -OCH3 is 1. The van der Waals surface area contributed by atoms with Crippen LogP contribution >= 0.6 is 0 Å². The van der Waals surface area contributed by atoms with Gasteiger partial charge in [0.1, 0.15) is 5.75 Å². The topological polar surface area (TPSA) is 47.7 Å². The first-order valence-electron chi connectivity index (χ1n) is 5.29. The minimum absolute atomic E-state index is 0.535. The molecule has 90 valence electrons. The lowest BCUT2D eigenvalue weighted by molar-refractivity contribution is 0.141. The van der Waals surface area contributed by atoms with E-state index in [0.717, 1.165) is 18.7 Å².